The molecule has 0 spiro atoms. The first kappa shape index (κ1) is 17.2. The summed E-state index contributed by atoms with van der Waals surface area (Å²) in [5.41, 5.74) is 3.22. The van der Waals surface area contributed by atoms with Gasteiger partial charge in [0.05, 0.1) is 7.11 Å². The number of rotatable bonds is 3. The fraction of sp³-hybridized carbons (Fsp3) is 0.222. The minimum absolute atomic E-state index is 0.230. The zero-order chi connectivity index (χ0) is 18.1. The molecule has 3 rings (SSSR count). The van der Waals surface area contributed by atoms with Gasteiger partial charge in [-0.3, -0.25) is 10.2 Å². The molecule has 1 unspecified atom stereocenters. The normalized spacial score (nSPS) is 19.0. The van der Waals surface area contributed by atoms with Crippen LogP contribution in [0, 0.1) is 5.92 Å². The van der Waals surface area contributed by atoms with Crippen LogP contribution >= 0.6 is 0 Å². The van der Waals surface area contributed by atoms with Gasteiger partial charge in [-0.25, -0.2) is 8.42 Å². The minimum Gasteiger partial charge on any atom is -0.468 e. The molecule has 2 aromatic rings. The topological polar surface area (TPSA) is 84.8 Å². The van der Waals surface area contributed by atoms with Gasteiger partial charge in [-0.1, -0.05) is 60.7 Å². The Morgan fingerprint density at radius 2 is 1.52 bits per heavy atom. The number of hydrogen-bond acceptors (Lipinski definition) is 6. The molecule has 0 saturated heterocycles. The standard InChI is InChI=1S/C18H18N2O4S/c1-24-17(21)15-16(25(2,22)23)19-20-18(15,13-9-5-3-6-10-13)14-11-7-4-8-12-14/h3-12,15,20H,1-2H3. The molecule has 0 amide bonds. The van der Waals surface area contributed by atoms with Crippen molar-refractivity contribution in [2.24, 2.45) is 11.0 Å². The van der Waals surface area contributed by atoms with Gasteiger partial charge in [-0.2, -0.15) is 5.10 Å². The van der Waals surface area contributed by atoms with E-state index in [9.17, 15) is 13.2 Å². The number of benzene rings is 2. The zero-order valence-electron chi connectivity index (χ0n) is 13.8. The van der Waals surface area contributed by atoms with Crippen molar-refractivity contribution in [1.82, 2.24) is 5.43 Å². The van der Waals surface area contributed by atoms with Crippen molar-refractivity contribution in [3.05, 3.63) is 71.8 Å². The number of methoxy groups -OCH3 is 1. The number of ether oxygens (including phenoxy) is 1. The molecule has 1 atom stereocenters. The third-order valence-electron chi connectivity index (χ3n) is 4.30. The van der Waals surface area contributed by atoms with E-state index in [0.29, 0.717) is 0 Å². The van der Waals surface area contributed by atoms with Crippen LogP contribution in [0.25, 0.3) is 0 Å². The summed E-state index contributed by atoms with van der Waals surface area (Å²) in [7, 11) is -2.47. The molecule has 6 nitrogen and oxygen atoms in total. The molecule has 130 valence electrons. The Balaban J connectivity index is 2.30. The average Bonchev–Trinajstić information content (AvgIpc) is 3.04. The molecule has 0 aromatic heterocycles. The molecule has 0 saturated carbocycles. The van der Waals surface area contributed by atoms with Crippen LogP contribution in [0.2, 0.25) is 0 Å². The van der Waals surface area contributed by atoms with Crippen LogP contribution < -0.4 is 5.43 Å². The molecule has 0 fully saturated rings. The van der Waals surface area contributed by atoms with Gasteiger partial charge in [0.25, 0.3) is 0 Å². The van der Waals surface area contributed by atoms with Crippen LogP contribution in [0.15, 0.2) is 65.8 Å². The number of hydrogen-bond donors (Lipinski definition) is 1. The number of esters is 1. The van der Waals surface area contributed by atoms with E-state index in [4.69, 9.17) is 4.74 Å². The van der Waals surface area contributed by atoms with E-state index < -0.39 is 27.3 Å². The molecule has 0 aliphatic carbocycles. The zero-order valence-corrected chi connectivity index (χ0v) is 14.7. The van der Waals surface area contributed by atoms with Crippen molar-refractivity contribution in [1.29, 1.82) is 0 Å². The summed E-state index contributed by atoms with van der Waals surface area (Å²) in [5.74, 6) is -1.79. The first-order chi connectivity index (χ1) is 11.9. The molecule has 2 aromatic carbocycles. The Morgan fingerprint density at radius 3 is 1.92 bits per heavy atom. The highest BCUT2D eigenvalue weighted by Crippen LogP contribution is 2.42. The highest BCUT2D eigenvalue weighted by molar-refractivity contribution is 8.05. The summed E-state index contributed by atoms with van der Waals surface area (Å²) >= 11 is 0. The average molecular weight is 358 g/mol. The van der Waals surface area contributed by atoms with Gasteiger partial charge in [0.15, 0.2) is 14.9 Å². The summed E-state index contributed by atoms with van der Waals surface area (Å²) in [6.45, 7) is 0. The van der Waals surface area contributed by atoms with Crippen LogP contribution in [0.4, 0.5) is 0 Å². The predicted molar refractivity (Wildman–Crippen MR) is 94.6 cm³/mol. The molecule has 25 heavy (non-hydrogen) atoms. The van der Waals surface area contributed by atoms with E-state index >= 15 is 0 Å². The first-order valence-corrected chi connectivity index (χ1v) is 9.54. The Kier molecular flexibility index (Phi) is 4.34. The lowest BCUT2D eigenvalue weighted by atomic mass is 9.74. The SMILES string of the molecule is COC(=O)C1C(S(C)(=O)=O)=NNC1(c1ccccc1)c1ccccc1. The second-order valence-electron chi connectivity index (χ2n) is 5.83. The molecular formula is C18H18N2O4S. The number of carbonyl (C=O) groups excluding carboxylic acids is 1. The summed E-state index contributed by atoms with van der Waals surface area (Å²) in [6, 6.07) is 18.3. The van der Waals surface area contributed by atoms with Crippen LogP contribution in [0.1, 0.15) is 11.1 Å². The van der Waals surface area contributed by atoms with Gasteiger partial charge < -0.3 is 4.74 Å². The summed E-state index contributed by atoms with van der Waals surface area (Å²) < 4.78 is 29.4. The van der Waals surface area contributed by atoms with Gasteiger partial charge in [0.1, 0.15) is 11.5 Å². The maximum Gasteiger partial charge on any atom is 0.318 e. The molecule has 1 heterocycles. The Hall–Kier alpha value is -2.67. The minimum atomic E-state index is -3.71. The van der Waals surface area contributed by atoms with E-state index in [1.807, 2.05) is 60.7 Å². The van der Waals surface area contributed by atoms with Gasteiger partial charge in [-0.15, -0.1) is 0 Å². The lowest BCUT2D eigenvalue weighted by Gasteiger charge is -2.34. The number of nitrogens with zero attached hydrogens (tertiary/aromatic N) is 1. The molecular weight excluding hydrogens is 340 g/mol. The number of sulfone groups is 1. The van der Waals surface area contributed by atoms with E-state index in [1.54, 1.807) is 0 Å². The van der Waals surface area contributed by atoms with Crippen molar-refractivity contribution >= 4 is 20.9 Å². The highest BCUT2D eigenvalue weighted by Gasteiger charge is 2.55. The van der Waals surface area contributed by atoms with Crippen LogP contribution in [-0.4, -0.2) is 32.8 Å². The van der Waals surface area contributed by atoms with E-state index in [2.05, 4.69) is 10.5 Å². The molecule has 7 heteroatoms. The molecule has 1 aliphatic heterocycles. The number of hydrazone groups is 1. The van der Waals surface area contributed by atoms with Gasteiger partial charge >= 0.3 is 5.97 Å². The lowest BCUT2D eigenvalue weighted by Crippen LogP contribution is -2.49. The van der Waals surface area contributed by atoms with E-state index in [1.165, 1.54) is 7.11 Å². The van der Waals surface area contributed by atoms with Gasteiger partial charge in [-0.05, 0) is 11.1 Å². The maximum absolute atomic E-state index is 12.6. The van der Waals surface area contributed by atoms with E-state index in [0.717, 1.165) is 17.4 Å². The fourth-order valence-electron chi connectivity index (χ4n) is 3.18. The Bertz CT molecular complexity index is 869. The Morgan fingerprint density at radius 1 is 1.04 bits per heavy atom. The van der Waals surface area contributed by atoms with Crippen molar-refractivity contribution in [3.8, 4) is 0 Å². The first-order valence-electron chi connectivity index (χ1n) is 7.65. The summed E-state index contributed by atoms with van der Waals surface area (Å²) in [5, 5.41) is 3.81. The van der Waals surface area contributed by atoms with Crippen molar-refractivity contribution in [2.45, 2.75) is 5.54 Å². The molecule has 0 radical (unpaired) electrons. The van der Waals surface area contributed by atoms with E-state index in [-0.39, 0.29) is 5.04 Å². The molecule has 1 N–H and O–H groups in total. The highest BCUT2D eigenvalue weighted by atomic mass is 32.2. The van der Waals surface area contributed by atoms with Crippen LogP contribution in [-0.2, 0) is 24.9 Å². The number of nitrogens with one attached hydrogen (secondary N) is 1. The van der Waals surface area contributed by atoms with Crippen LogP contribution in [0.5, 0.6) is 0 Å². The third kappa shape index (κ3) is 2.80. The van der Waals surface area contributed by atoms with Crippen molar-refractivity contribution in [3.63, 3.8) is 0 Å². The van der Waals surface area contributed by atoms with Gasteiger partial charge in [0.2, 0.25) is 0 Å². The van der Waals surface area contributed by atoms with Crippen LogP contribution in [0.3, 0.4) is 0 Å². The molecule has 1 aliphatic rings. The van der Waals surface area contributed by atoms with Crippen molar-refractivity contribution in [2.75, 3.05) is 13.4 Å². The summed E-state index contributed by atoms with van der Waals surface area (Å²) in [6.07, 6.45) is 1.04. The second-order valence-corrected chi connectivity index (χ2v) is 7.79. The third-order valence-corrected chi connectivity index (χ3v) is 5.38. The fourth-order valence-corrected chi connectivity index (χ4v) is 4.09. The second kappa shape index (κ2) is 6.33. The number of carbonyl (C=O) groups is 1. The predicted octanol–water partition coefficient (Wildman–Crippen LogP) is 1.68. The molecule has 0 bridgehead atoms. The van der Waals surface area contributed by atoms with Crippen molar-refractivity contribution < 1.29 is 17.9 Å². The largest absolute Gasteiger partial charge is 0.468 e. The smallest absolute Gasteiger partial charge is 0.318 e. The van der Waals surface area contributed by atoms with Gasteiger partial charge in [0, 0.05) is 6.26 Å². The monoisotopic (exact) mass is 358 g/mol. The summed E-state index contributed by atoms with van der Waals surface area (Å²) in [4.78, 5) is 12.6. The quantitative estimate of drug-likeness (QED) is 0.844. The lowest BCUT2D eigenvalue weighted by molar-refractivity contribution is -0.144. The maximum atomic E-state index is 12.6. The Labute approximate surface area is 146 Å².